The van der Waals surface area contributed by atoms with Crippen molar-refractivity contribution >= 4 is 23.0 Å². The van der Waals surface area contributed by atoms with Gasteiger partial charge in [0.05, 0.1) is 12.3 Å². The van der Waals surface area contributed by atoms with Gasteiger partial charge < -0.3 is 15.6 Å². The summed E-state index contributed by atoms with van der Waals surface area (Å²) < 4.78 is 5.35. The molecule has 4 nitrogen and oxygen atoms in total. The van der Waals surface area contributed by atoms with Crippen molar-refractivity contribution in [1.82, 2.24) is 0 Å². The Kier molecular flexibility index (Phi) is 3.53. The lowest BCUT2D eigenvalue weighted by molar-refractivity contribution is 0.0703. The first-order chi connectivity index (χ1) is 8.61. The molecule has 0 unspecified atom stereocenters. The third-order valence-electron chi connectivity index (χ3n) is 2.40. The fourth-order valence-electron chi connectivity index (χ4n) is 1.60. The van der Waals surface area contributed by atoms with Crippen LogP contribution in [-0.2, 0) is 0 Å². The molecular weight excluding hydrogens is 250 g/mol. The van der Waals surface area contributed by atoms with Crippen molar-refractivity contribution in [1.29, 1.82) is 0 Å². The van der Waals surface area contributed by atoms with E-state index in [4.69, 9.17) is 15.6 Å². The number of nitrogen functional groups attached to an aromatic ring is 1. The van der Waals surface area contributed by atoms with Crippen molar-refractivity contribution in [3.8, 4) is 16.2 Å². The average Bonchev–Trinajstić information content (AvgIpc) is 2.73. The number of ether oxygens (including phenoxy) is 1. The Morgan fingerprint density at radius 3 is 2.56 bits per heavy atom. The molecule has 0 fully saturated rings. The minimum absolute atomic E-state index is 0.180. The third kappa shape index (κ3) is 2.46. The summed E-state index contributed by atoms with van der Waals surface area (Å²) in [4.78, 5) is 11.9. The summed E-state index contributed by atoms with van der Waals surface area (Å²) in [5.41, 5.74) is 6.90. The van der Waals surface area contributed by atoms with Crippen molar-refractivity contribution in [3.63, 3.8) is 0 Å². The lowest BCUT2D eigenvalue weighted by Gasteiger charge is -2.03. The fourth-order valence-corrected chi connectivity index (χ4v) is 2.52. The molecular formula is C13H13NO3S. The number of carboxylic acids is 1. The molecule has 0 atom stereocenters. The van der Waals surface area contributed by atoms with E-state index in [-0.39, 0.29) is 4.88 Å². The smallest absolute Gasteiger partial charge is 0.348 e. The van der Waals surface area contributed by atoms with Crippen molar-refractivity contribution in [3.05, 3.63) is 35.2 Å². The number of rotatable bonds is 4. The van der Waals surface area contributed by atoms with Crippen LogP contribution >= 0.6 is 11.3 Å². The molecule has 5 heteroatoms. The summed E-state index contributed by atoms with van der Waals surface area (Å²) in [6.45, 7) is 2.54. The number of nitrogens with two attached hydrogens (primary N) is 1. The first-order valence-corrected chi connectivity index (χ1v) is 6.29. The Hall–Kier alpha value is -2.01. The van der Waals surface area contributed by atoms with E-state index in [2.05, 4.69) is 0 Å². The second kappa shape index (κ2) is 5.10. The van der Waals surface area contributed by atoms with Crippen molar-refractivity contribution < 1.29 is 14.6 Å². The van der Waals surface area contributed by atoms with Crippen LogP contribution in [-0.4, -0.2) is 17.7 Å². The van der Waals surface area contributed by atoms with Gasteiger partial charge in [0.15, 0.2) is 0 Å². The summed E-state index contributed by atoms with van der Waals surface area (Å²) in [5.74, 6) is -0.195. The first-order valence-electron chi connectivity index (χ1n) is 5.47. The highest BCUT2D eigenvalue weighted by Gasteiger charge is 2.13. The zero-order chi connectivity index (χ0) is 13.1. The third-order valence-corrected chi connectivity index (χ3v) is 3.59. The van der Waals surface area contributed by atoms with Crippen LogP contribution in [0.1, 0.15) is 16.6 Å². The van der Waals surface area contributed by atoms with Gasteiger partial charge in [0.1, 0.15) is 10.6 Å². The Balaban J connectivity index is 2.31. The monoisotopic (exact) mass is 263 g/mol. The van der Waals surface area contributed by atoms with Crippen LogP contribution in [0.5, 0.6) is 5.75 Å². The zero-order valence-electron chi connectivity index (χ0n) is 9.84. The molecule has 0 amide bonds. The van der Waals surface area contributed by atoms with Crippen molar-refractivity contribution in [2.75, 3.05) is 12.3 Å². The Labute approximate surface area is 109 Å². The molecule has 0 saturated carbocycles. The molecule has 2 rings (SSSR count). The van der Waals surface area contributed by atoms with Gasteiger partial charge in [-0.2, -0.15) is 0 Å². The van der Waals surface area contributed by atoms with Crippen LogP contribution in [0.3, 0.4) is 0 Å². The van der Waals surface area contributed by atoms with Gasteiger partial charge >= 0.3 is 5.97 Å². The van der Waals surface area contributed by atoms with Crippen LogP contribution in [0, 0.1) is 0 Å². The highest BCUT2D eigenvalue weighted by atomic mass is 32.1. The van der Waals surface area contributed by atoms with Crippen molar-refractivity contribution in [2.45, 2.75) is 6.92 Å². The summed E-state index contributed by atoms with van der Waals surface area (Å²) in [7, 11) is 0. The molecule has 0 aliphatic rings. The average molecular weight is 263 g/mol. The van der Waals surface area contributed by atoms with Gasteiger partial charge in [-0.05, 0) is 42.8 Å². The molecule has 1 aromatic heterocycles. The van der Waals surface area contributed by atoms with Gasteiger partial charge in [-0.3, -0.25) is 0 Å². The van der Waals surface area contributed by atoms with Gasteiger partial charge in [0, 0.05) is 4.88 Å². The van der Waals surface area contributed by atoms with Gasteiger partial charge in [-0.25, -0.2) is 4.79 Å². The molecule has 3 N–H and O–H groups in total. The highest BCUT2D eigenvalue weighted by molar-refractivity contribution is 7.17. The molecule has 0 aliphatic heterocycles. The lowest BCUT2D eigenvalue weighted by atomic mass is 10.2. The number of hydrogen-bond acceptors (Lipinski definition) is 4. The van der Waals surface area contributed by atoms with Crippen LogP contribution < -0.4 is 10.5 Å². The normalized spacial score (nSPS) is 10.3. The summed E-state index contributed by atoms with van der Waals surface area (Å²) >= 11 is 1.17. The summed E-state index contributed by atoms with van der Waals surface area (Å²) in [5, 5.41) is 8.95. The van der Waals surface area contributed by atoms with Crippen molar-refractivity contribution in [2.24, 2.45) is 0 Å². The largest absolute Gasteiger partial charge is 0.494 e. The summed E-state index contributed by atoms with van der Waals surface area (Å²) in [6.07, 6.45) is 0. The maximum absolute atomic E-state index is 10.9. The van der Waals surface area contributed by atoms with E-state index in [9.17, 15) is 4.79 Å². The van der Waals surface area contributed by atoms with E-state index in [1.54, 1.807) is 6.07 Å². The maximum atomic E-state index is 10.9. The van der Waals surface area contributed by atoms with E-state index in [1.165, 1.54) is 11.3 Å². The van der Waals surface area contributed by atoms with Crippen LogP contribution in [0.4, 0.5) is 5.69 Å². The second-order valence-corrected chi connectivity index (χ2v) is 4.71. The molecule has 1 aromatic carbocycles. The molecule has 94 valence electrons. The predicted molar refractivity (Wildman–Crippen MR) is 72.3 cm³/mol. The SMILES string of the molecule is CCOc1ccc(-c2cc(N)c(C(=O)O)s2)cc1. The van der Waals surface area contributed by atoms with Crippen LogP contribution in [0.25, 0.3) is 10.4 Å². The number of anilines is 1. The number of hydrogen-bond donors (Lipinski definition) is 2. The highest BCUT2D eigenvalue weighted by Crippen LogP contribution is 2.33. The summed E-state index contributed by atoms with van der Waals surface area (Å²) in [6, 6.07) is 9.18. The lowest BCUT2D eigenvalue weighted by Crippen LogP contribution is -1.96. The molecule has 2 aromatic rings. The number of carboxylic acid groups (broad SMARTS) is 1. The maximum Gasteiger partial charge on any atom is 0.348 e. The van der Waals surface area contributed by atoms with E-state index < -0.39 is 5.97 Å². The number of thiophene rings is 1. The van der Waals surface area contributed by atoms with Crippen LogP contribution in [0.2, 0.25) is 0 Å². The fraction of sp³-hybridized carbons (Fsp3) is 0.154. The first kappa shape index (κ1) is 12.4. The number of carbonyl (C=O) groups is 1. The predicted octanol–water partition coefficient (Wildman–Crippen LogP) is 3.09. The Bertz CT molecular complexity index is 560. The molecule has 0 radical (unpaired) electrons. The molecule has 0 bridgehead atoms. The Morgan fingerprint density at radius 1 is 1.39 bits per heavy atom. The van der Waals surface area contributed by atoms with E-state index >= 15 is 0 Å². The van der Waals surface area contributed by atoms with E-state index in [1.807, 2.05) is 31.2 Å². The zero-order valence-corrected chi connectivity index (χ0v) is 10.7. The van der Waals surface area contributed by atoms with Gasteiger partial charge in [-0.1, -0.05) is 0 Å². The molecule has 0 spiro atoms. The number of benzene rings is 1. The number of aromatic carboxylic acids is 1. The van der Waals surface area contributed by atoms with Gasteiger partial charge in [0.25, 0.3) is 0 Å². The van der Waals surface area contributed by atoms with E-state index in [0.29, 0.717) is 12.3 Å². The minimum Gasteiger partial charge on any atom is -0.494 e. The second-order valence-electron chi connectivity index (χ2n) is 3.66. The Morgan fingerprint density at radius 2 is 2.06 bits per heavy atom. The standard InChI is InChI=1S/C13H13NO3S/c1-2-17-9-5-3-8(4-6-9)11-7-10(14)12(18-11)13(15)16/h3-7H,2,14H2,1H3,(H,15,16). The van der Waals surface area contributed by atoms with Gasteiger partial charge in [-0.15, -0.1) is 11.3 Å². The topological polar surface area (TPSA) is 72.5 Å². The molecule has 0 saturated heterocycles. The van der Waals surface area contributed by atoms with E-state index in [0.717, 1.165) is 16.2 Å². The molecule has 0 aliphatic carbocycles. The minimum atomic E-state index is -0.991. The van der Waals surface area contributed by atoms with Crippen LogP contribution in [0.15, 0.2) is 30.3 Å². The quantitative estimate of drug-likeness (QED) is 0.889. The molecule has 1 heterocycles. The molecule has 18 heavy (non-hydrogen) atoms. The van der Waals surface area contributed by atoms with Gasteiger partial charge in [0.2, 0.25) is 0 Å².